The number of nitrogens with zero attached hydrogens (tertiary/aromatic N) is 2. The molecule has 6 nitrogen and oxygen atoms in total. The third-order valence-electron chi connectivity index (χ3n) is 4.92. The van der Waals surface area contributed by atoms with Gasteiger partial charge in [0.1, 0.15) is 16.1 Å². The fourth-order valence-corrected chi connectivity index (χ4v) is 4.60. The maximum atomic E-state index is 12.8. The zero-order valence-electron chi connectivity index (χ0n) is 15.5. The fraction of sp³-hybridized carbons (Fsp3) is 0.579. The number of hydrogen-bond donors (Lipinski definition) is 2. The summed E-state index contributed by atoms with van der Waals surface area (Å²) in [6, 6.07) is 1.66. The molecule has 2 aromatic heterocycles. The molecule has 0 bridgehead atoms. The van der Waals surface area contributed by atoms with Gasteiger partial charge >= 0.3 is 51.4 Å². The summed E-state index contributed by atoms with van der Waals surface area (Å²) in [6.07, 6.45) is 4.64. The van der Waals surface area contributed by atoms with Crippen LogP contribution in [0.25, 0.3) is 10.2 Å². The van der Waals surface area contributed by atoms with Gasteiger partial charge in [-0.25, -0.2) is 0 Å². The summed E-state index contributed by atoms with van der Waals surface area (Å²) in [7, 11) is 0. The van der Waals surface area contributed by atoms with Crippen molar-refractivity contribution in [3.63, 3.8) is 0 Å². The minimum absolute atomic E-state index is 0. The SMILES string of the molecule is CC(C)n1c(=O)c(C(=O)NCCCN2CCCCC2)c(O)c2ccsc21.[KH]. The van der Waals surface area contributed by atoms with E-state index in [0.29, 0.717) is 16.8 Å². The number of fused-ring (bicyclic) bond motifs is 1. The van der Waals surface area contributed by atoms with E-state index in [0.717, 1.165) is 26.1 Å². The summed E-state index contributed by atoms with van der Waals surface area (Å²) in [5.74, 6) is -0.703. The van der Waals surface area contributed by atoms with Crippen LogP contribution in [0.4, 0.5) is 0 Å². The van der Waals surface area contributed by atoms with Gasteiger partial charge in [-0.1, -0.05) is 6.42 Å². The van der Waals surface area contributed by atoms with Crippen LogP contribution in [0.3, 0.4) is 0 Å². The summed E-state index contributed by atoms with van der Waals surface area (Å²) in [5, 5.41) is 15.7. The molecule has 0 aromatic carbocycles. The molecule has 144 valence electrons. The molecular weight excluding hydrogens is 389 g/mol. The van der Waals surface area contributed by atoms with Crippen LogP contribution in [0.1, 0.15) is 55.9 Å². The Balaban J connectivity index is 0.00000261. The van der Waals surface area contributed by atoms with Gasteiger partial charge in [0.05, 0.1) is 5.39 Å². The average Bonchev–Trinajstić information content (AvgIpc) is 3.09. The van der Waals surface area contributed by atoms with E-state index < -0.39 is 11.5 Å². The predicted octanol–water partition coefficient (Wildman–Crippen LogP) is 2.31. The molecular formula is C19H28KN3O3S. The van der Waals surface area contributed by atoms with Crippen molar-refractivity contribution in [2.24, 2.45) is 0 Å². The monoisotopic (exact) mass is 417 g/mol. The van der Waals surface area contributed by atoms with Crippen LogP contribution in [0.15, 0.2) is 16.2 Å². The Kier molecular flexibility index (Phi) is 8.99. The van der Waals surface area contributed by atoms with Crippen LogP contribution in [-0.4, -0.2) is 98.0 Å². The number of aromatic nitrogens is 1. The van der Waals surface area contributed by atoms with Crippen molar-refractivity contribution in [2.75, 3.05) is 26.2 Å². The number of likely N-dealkylation sites (tertiary alicyclic amines) is 1. The second kappa shape index (κ2) is 10.5. The molecule has 3 rings (SSSR count). The van der Waals surface area contributed by atoms with Crippen LogP contribution in [-0.2, 0) is 0 Å². The second-order valence-electron chi connectivity index (χ2n) is 7.14. The van der Waals surface area contributed by atoms with E-state index in [4.69, 9.17) is 0 Å². The molecule has 1 saturated heterocycles. The second-order valence-corrected chi connectivity index (χ2v) is 8.04. The van der Waals surface area contributed by atoms with Gasteiger partial charge in [-0.2, -0.15) is 0 Å². The normalized spacial score (nSPS) is 15.1. The molecule has 0 atom stereocenters. The summed E-state index contributed by atoms with van der Waals surface area (Å²) in [4.78, 5) is 28.5. The van der Waals surface area contributed by atoms with Gasteiger partial charge in [0, 0.05) is 12.6 Å². The Labute approximate surface area is 206 Å². The van der Waals surface area contributed by atoms with Crippen molar-refractivity contribution in [1.82, 2.24) is 14.8 Å². The Morgan fingerprint density at radius 2 is 2.00 bits per heavy atom. The number of rotatable bonds is 6. The third-order valence-corrected chi connectivity index (χ3v) is 5.83. The number of hydrogen-bond acceptors (Lipinski definition) is 5. The number of amides is 1. The molecule has 27 heavy (non-hydrogen) atoms. The molecule has 1 aliphatic rings. The zero-order chi connectivity index (χ0) is 18.7. The van der Waals surface area contributed by atoms with Gasteiger partial charge in [-0.15, -0.1) is 11.3 Å². The molecule has 8 heteroatoms. The predicted molar refractivity (Wildman–Crippen MR) is 113 cm³/mol. The first-order valence-electron chi connectivity index (χ1n) is 9.36. The van der Waals surface area contributed by atoms with E-state index in [1.54, 1.807) is 10.6 Å². The quantitative estimate of drug-likeness (QED) is 0.559. The Morgan fingerprint density at radius 1 is 1.30 bits per heavy atom. The van der Waals surface area contributed by atoms with E-state index in [1.807, 2.05) is 19.2 Å². The van der Waals surface area contributed by atoms with Gasteiger partial charge in [-0.05, 0) is 64.2 Å². The standard InChI is InChI=1S/C19H27N3O3S.K.H/c1-13(2)22-18(25)15(16(23)14-7-12-26-19(14)22)17(24)20-8-6-11-21-9-4-3-5-10-21;;/h7,12-13,23H,3-6,8-11H2,1-2H3,(H,20,24);;. The zero-order valence-corrected chi connectivity index (χ0v) is 16.3. The van der Waals surface area contributed by atoms with Crippen molar-refractivity contribution in [3.05, 3.63) is 27.4 Å². The number of carbonyl (C=O) groups excluding carboxylic acids is 1. The fourth-order valence-electron chi connectivity index (χ4n) is 3.57. The van der Waals surface area contributed by atoms with E-state index in [9.17, 15) is 14.7 Å². The average molecular weight is 418 g/mol. The summed E-state index contributed by atoms with van der Waals surface area (Å²) in [5.41, 5.74) is -0.580. The molecule has 3 heterocycles. The van der Waals surface area contributed by atoms with Crippen LogP contribution >= 0.6 is 11.3 Å². The third kappa shape index (κ3) is 5.23. The molecule has 2 aromatic rings. The van der Waals surface area contributed by atoms with Crippen LogP contribution in [0, 0.1) is 0 Å². The number of nitrogens with one attached hydrogen (secondary N) is 1. The van der Waals surface area contributed by atoms with Gasteiger partial charge in [0.15, 0.2) is 0 Å². The van der Waals surface area contributed by atoms with Crippen molar-refractivity contribution < 1.29 is 9.90 Å². The van der Waals surface area contributed by atoms with Crippen molar-refractivity contribution in [3.8, 4) is 5.75 Å². The summed E-state index contributed by atoms with van der Waals surface area (Å²) in [6.45, 7) is 7.50. The number of thiophene rings is 1. The molecule has 0 aliphatic carbocycles. The number of piperidine rings is 1. The molecule has 2 N–H and O–H groups in total. The Hall–Kier alpha value is -0.224. The van der Waals surface area contributed by atoms with Crippen molar-refractivity contribution >= 4 is 78.8 Å². The molecule has 1 amide bonds. The Bertz CT molecular complexity index is 841. The molecule has 0 saturated carbocycles. The summed E-state index contributed by atoms with van der Waals surface area (Å²) >= 11 is 1.39. The summed E-state index contributed by atoms with van der Waals surface area (Å²) < 4.78 is 1.59. The number of carbonyl (C=O) groups is 1. The van der Waals surface area contributed by atoms with E-state index >= 15 is 0 Å². The first-order valence-corrected chi connectivity index (χ1v) is 10.2. The van der Waals surface area contributed by atoms with Crippen molar-refractivity contribution in [2.45, 2.75) is 45.6 Å². The molecule has 0 unspecified atom stereocenters. The topological polar surface area (TPSA) is 74.6 Å². The minimum atomic E-state index is -0.492. The van der Waals surface area contributed by atoms with Crippen LogP contribution in [0.5, 0.6) is 5.75 Å². The van der Waals surface area contributed by atoms with E-state index in [2.05, 4.69) is 10.2 Å². The van der Waals surface area contributed by atoms with Gasteiger partial charge in [0.2, 0.25) is 0 Å². The van der Waals surface area contributed by atoms with Crippen LogP contribution in [0.2, 0.25) is 0 Å². The van der Waals surface area contributed by atoms with Gasteiger partial charge < -0.3 is 15.3 Å². The van der Waals surface area contributed by atoms with Crippen molar-refractivity contribution in [1.29, 1.82) is 0 Å². The number of pyridine rings is 1. The number of aromatic hydroxyl groups is 1. The molecule has 0 radical (unpaired) electrons. The first kappa shape index (κ1) is 23.1. The Morgan fingerprint density at radius 3 is 2.67 bits per heavy atom. The van der Waals surface area contributed by atoms with E-state index in [1.165, 1.54) is 30.6 Å². The molecule has 0 spiro atoms. The van der Waals surface area contributed by atoms with E-state index in [-0.39, 0.29) is 68.7 Å². The molecule has 1 fully saturated rings. The van der Waals surface area contributed by atoms with Gasteiger partial charge in [-0.3, -0.25) is 14.2 Å². The first-order chi connectivity index (χ1) is 12.5. The van der Waals surface area contributed by atoms with Gasteiger partial charge in [0.25, 0.3) is 11.5 Å². The maximum absolute atomic E-state index is 12.8. The van der Waals surface area contributed by atoms with Crippen LogP contribution < -0.4 is 10.9 Å². The molecule has 1 aliphatic heterocycles.